The van der Waals surface area contributed by atoms with Crippen molar-refractivity contribution >= 4 is 5.91 Å². The summed E-state index contributed by atoms with van der Waals surface area (Å²) in [5, 5.41) is 0. The number of rotatable bonds is 4. The number of halogens is 3. The number of alkyl halides is 3. The summed E-state index contributed by atoms with van der Waals surface area (Å²) in [6.45, 7) is 5.99. The lowest BCUT2D eigenvalue weighted by Crippen LogP contribution is -2.38. The highest BCUT2D eigenvalue weighted by molar-refractivity contribution is 5.76. The van der Waals surface area contributed by atoms with Crippen LogP contribution in [-0.2, 0) is 24.1 Å². The quantitative estimate of drug-likeness (QED) is 0.793. The average molecular weight is 396 g/mol. The van der Waals surface area contributed by atoms with Gasteiger partial charge >= 0.3 is 6.18 Å². The molecule has 0 bridgehead atoms. The average Bonchev–Trinajstić information content (AvgIpc) is 2.94. The molecule has 5 nitrogen and oxygen atoms in total. The van der Waals surface area contributed by atoms with E-state index in [4.69, 9.17) is 0 Å². The van der Waals surface area contributed by atoms with Crippen molar-refractivity contribution in [3.63, 3.8) is 0 Å². The summed E-state index contributed by atoms with van der Waals surface area (Å²) >= 11 is 0. The molecule has 28 heavy (non-hydrogen) atoms. The van der Waals surface area contributed by atoms with Gasteiger partial charge in [-0.1, -0.05) is 13.8 Å². The molecule has 0 N–H and O–H groups in total. The van der Waals surface area contributed by atoms with Crippen molar-refractivity contribution in [2.45, 2.75) is 39.5 Å². The third-order valence-electron chi connectivity index (χ3n) is 5.27. The van der Waals surface area contributed by atoms with Gasteiger partial charge in [0, 0.05) is 51.1 Å². The lowest BCUT2D eigenvalue weighted by Gasteiger charge is -2.35. The third-order valence-corrected chi connectivity index (χ3v) is 5.27. The van der Waals surface area contributed by atoms with Crippen LogP contribution in [0.5, 0.6) is 0 Å². The molecule has 3 aliphatic heterocycles. The molecule has 0 aromatic rings. The van der Waals surface area contributed by atoms with E-state index in [-0.39, 0.29) is 30.4 Å². The Bertz CT molecular complexity index is 804. The number of fused-ring (bicyclic) bond motifs is 1. The van der Waals surface area contributed by atoms with Gasteiger partial charge in [-0.3, -0.25) is 9.69 Å². The monoisotopic (exact) mass is 396 g/mol. The molecule has 3 rings (SSSR count). The molecule has 0 aromatic heterocycles. The molecule has 0 saturated carbocycles. The second-order valence-electron chi connectivity index (χ2n) is 8.24. The van der Waals surface area contributed by atoms with Crippen molar-refractivity contribution in [1.29, 1.82) is 0 Å². The number of hydrogen-bond acceptors (Lipinski definition) is 3. The Morgan fingerprint density at radius 1 is 1.25 bits per heavy atom. The number of likely N-dealkylation sites (tertiary alicyclic amines) is 1. The summed E-state index contributed by atoms with van der Waals surface area (Å²) in [7, 11) is 3.24. The van der Waals surface area contributed by atoms with Gasteiger partial charge in [-0.2, -0.15) is 13.2 Å². The number of pyridine rings is 1. The number of carbonyl (C=O) groups is 1. The Labute approximate surface area is 163 Å². The highest BCUT2D eigenvalue weighted by atomic mass is 19.4. The van der Waals surface area contributed by atoms with Gasteiger partial charge in [0.2, 0.25) is 5.91 Å². The number of piperidine rings is 1. The number of carbonyl (C=O) groups excluding carboxylic acids is 1. The summed E-state index contributed by atoms with van der Waals surface area (Å²) in [5.41, 5.74) is -0.173. The molecule has 0 unspecified atom stereocenters. The maximum Gasteiger partial charge on any atom is 0.433 e. The molecule has 1 amide bonds. The molecule has 0 spiro atoms. The number of hydrogen-bond donors (Lipinski definition) is 0. The molecule has 3 aliphatic rings. The molecule has 3 heterocycles. The molecule has 8 heteroatoms. The normalized spacial score (nSPS) is 21.2. The maximum atomic E-state index is 13.8. The summed E-state index contributed by atoms with van der Waals surface area (Å²) in [4.78, 5) is 19.5. The van der Waals surface area contributed by atoms with Crippen LogP contribution in [0.4, 0.5) is 13.2 Å². The predicted molar refractivity (Wildman–Crippen MR) is 101 cm³/mol. The van der Waals surface area contributed by atoms with E-state index in [0.717, 1.165) is 19.5 Å². The van der Waals surface area contributed by atoms with Gasteiger partial charge in [-0.15, -0.1) is 0 Å². The molecular weight excluding hydrogens is 369 g/mol. The van der Waals surface area contributed by atoms with Gasteiger partial charge in [0.15, 0.2) is 5.69 Å². The first-order valence-corrected chi connectivity index (χ1v) is 9.53. The van der Waals surface area contributed by atoms with E-state index in [9.17, 15) is 18.0 Å². The Kier molecular flexibility index (Phi) is 5.70. The number of amides is 1. The smallest absolute Gasteiger partial charge is 0.347 e. The van der Waals surface area contributed by atoms with Crippen molar-refractivity contribution < 1.29 is 18.0 Å². The second kappa shape index (κ2) is 7.73. The molecule has 1 saturated heterocycles. The Hall–Kier alpha value is -2.09. The van der Waals surface area contributed by atoms with Crippen LogP contribution >= 0.6 is 0 Å². The minimum absolute atomic E-state index is 0.0458. The number of aromatic nitrogens is 2. The molecule has 0 radical (unpaired) electrons. The Morgan fingerprint density at radius 3 is 2.46 bits per heavy atom. The summed E-state index contributed by atoms with van der Waals surface area (Å²) in [6.07, 6.45) is -1.84. The van der Waals surface area contributed by atoms with E-state index in [1.165, 1.54) is 9.47 Å². The van der Waals surface area contributed by atoms with Crippen LogP contribution in [-0.4, -0.2) is 52.4 Å². The van der Waals surface area contributed by atoms with Crippen LogP contribution in [0.1, 0.15) is 31.5 Å². The van der Waals surface area contributed by atoms with E-state index < -0.39 is 11.9 Å². The fraction of sp³-hybridized carbons (Fsp3) is 0.600. The van der Waals surface area contributed by atoms with E-state index >= 15 is 0 Å². The van der Waals surface area contributed by atoms with Gasteiger partial charge in [0.1, 0.15) is 12.4 Å². The van der Waals surface area contributed by atoms with Crippen molar-refractivity contribution in [3.05, 3.63) is 29.6 Å². The molecule has 1 fully saturated rings. The van der Waals surface area contributed by atoms with E-state index in [2.05, 4.69) is 23.7 Å². The number of likely N-dealkylation sites (N-methyl/N-ethyl adjacent to an activating group) is 1. The van der Waals surface area contributed by atoms with Gasteiger partial charge in [0.05, 0.1) is 0 Å². The zero-order valence-corrected chi connectivity index (χ0v) is 16.8. The second-order valence-corrected chi connectivity index (χ2v) is 8.24. The van der Waals surface area contributed by atoms with Gasteiger partial charge in [-0.25, -0.2) is 4.98 Å². The largest absolute Gasteiger partial charge is 0.433 e. The van der Waals surface area contributed by atoms with E-state index in [0.29, 0.717) is 17.4 Å². The molecule has 154 valence electrons. The summed E-state index contributed by atoms with van der Waals surface area (Å²) in [5.74, 6) is 0.914. The predicted octanol–water partition coefficient (Wildman–Crippen LogP) is 3.57. The fourth-order valence-electron chi connectivity index (χ4n) is 4.16. The Balaban J connectivity index is 1.99. The van der Waals surface area contributed by atoms with E-state index in [1.807, 2.05) is 0 Å². The molecule has 2 atom stereocenters. The first-order chi connectivity index (χ1) is 13.1. The maximum absolute atomic E-state index is 13.8. The van der Waals surface area contributed by atoms with Crippen molar-refractivity contribution in [2.75, 3.05) is 27.2 Å². The molecular formula is C20H27F3N4O. The zero-order chi connectivity index (χ0) is 20.6. The number of nitrogens with zero attached hydrogens (tertiary/aromatic N) is 4. The van der Waals surface area contributed by atoms with Gasteiger partial charge in [0.25, 0.3) is 0 Å². The van der Waals surface area contributed by atoms with Crippen LogP contribution in [0.3, 0.4) is 0 Å². The summed E-state index contributed by atoms with van der Waals surface area (Å²) in [6, 6.07) is 3.35. The van der Waals surface area contributed by atoms with E-state index in [1.54, 1.807) is 32.4 Å². The van der Waals surface area contributed by atoms with Crippen molar-refractivity contribution in [2.24, 2.45) is 11.8 Å². The van der Waals surface area contributed by atoms with Crippen LogP contribution in [0.15, 0.2) is 18.3 Å². The van der Waals surface area contributed by atoms with Crippen molar-refractivity contribution in [1.82, 2.24) is 19.4 Å². The highest BCUT2D eigenvalue weighted by Crippen LogP contribution is 2.39. The SMILES string of the molecule is C[C@@H]1C[C@@H](C)CN(Cc2c3cccn(CC(=O)N(C)C)c-3nc2C(F)(F)F)C1. The fourth-order valence-corrected chi connectivity index (χ4v) is 4.16. The minimum Gasteiger partial charge on any atom is -0.347 e. The van der Waals surface area contributed by atoms with Crippen LogP contribution in [0, 0.1) is 11.8 Å². The minimum atomic E-state index is -4.54. The standard InChI is InChI=1S/C20H27F3N4O/c1-13-8-14(2)10-26(9-13)11-16-15-6-5-7-27(12-17(28)25(3)4)19(15)24-18(16)20(21,22)23/h5-7,13-14H,8-12H2,1-4H3/t13-,14-/m1/s1. The highest BCUT2D eigenvalue weighted by Gasteiger charge is 2.40. The topological polar surface area (TPSA) is 41.4 Å². The zero-order valence-electron chi connectivity index (χ0n) is 16.8. The van der Waals surface area contributed by atoms with Gasteiger partial charge in [-0.05, 0) is 30.4 Å². The lowest BCUT2D eigenvalue weighted by molar-refractivity contribution is -0.141. The van der Waals surface area contributed by atoms with Crippen LogP contribution in [0.25, 0.3) is 11.4 Å². The first-order valence-electron chi connectivity index (χ1n) is 9.53. The lowest BCUT2D eigenvalue weighted by atomic mass is 9.91. The van der Waals surface area contributed by atoms with Crippen molar-refractivity contribution in [3.8, 4) is 11.4 Å². The first kappa shape index (κ1) is 20.6. The van der Waals surface area contributed by atoms with Crippen LogP contribution < -0.4 is 0 Å². The third kappa shape index (κ3) is 4.32. The molecule has 0 aromatic carbocycles. The van der Waals surface area contributed by atoms with Crippen LogP contribution in [0.2, 0.25) is 0 Å². The Morgan fingerprint density at radius 2 is 1.89 bits per heavy atom. The van der Waals surface area contributed by atoms with Gasteiger partial charge < -0.3 is 9.47 Å². The summed E-state index contributed by atoms with van der Waals surface area (Å²) < 4.78 is 42.8. The molecule has 0 aliphatic carbocycles.